The molecule has 1 rings (SSSR count). The van der Waals surface area contributed by atoms with E-state index in [2.05, 4.69) is 0 Å². The Bertz CT molecular complexity index is 311. The van der Waals surface area contributed by atoms with Crippen molar-refractivity contribution in [3.05, 3.63) is 44.5 Å². The summed E-state index contributed by atoms with van der Waals surface area (Å²) in [5.74, 6) is 0. The molecule has 0 radical (unpaired) electrons. The summed E-state index contributed by atoms with van der Waals surface area (Å²) < 4.78 is 0. The molecule has 0 bridgehead atoms. The summed E-state index contributed by atoms with van der Waals surface area (Å²) in [6.07, 6.45) is 4.80. The molecule has 0 aromatic heterocycles. The molecule has 13 heavy (non-hydrogen) atoms. The number of rotatable bonds is 2. The molecule has 0 fully saturated rings. The first kappa shape index (κ1) is 9.33. The van der Waals surface area contributed by atoms with E-state index in [4.69, 9.17) is 5.73 Å². The average Bonchev–Trinajstić information content (AvgIpc) is 2.04. The van der Waals surface area contributed by atoms with Gasteiger partial charge in [-0.25, -0.2) is 0 Å². The molecular weight excluding hydrogens is 178 g/mol. The third-order valence-electron chi connectivity index (χ3n) is 1.78. The maximum Gasteiger partial charge on any atom is 0.362 e. The molecule has 70 valence electrons. The van der Waals surface area contributed by atoms with Crippen molar-refractivity contribution in [3.8, 4) is 0 Å². The number of allylic oxidation sites excluding steroid dienone is 2. The minimum Gasteiger partial charge on any atom is -0.264 e. The van der Waals surface area contributed by atoms with Gasteiger partial charge in [0.05, 0.1) is 4.92 Å². The predicted molar refractivity (Wildman–Crippen MR) is 43.0 cm³/mol. The highest BCUT2D eigenvalue weighted by molar-refractivity contribution is 5.20. The molecule has 1 aliphatic carbocycles. The summed E-state index contributed by atoms with van der Waals surface area (Å²) in [5, 5.41) is 20.9. The Labute approximate surface area is 72.8 Å². The van der Waals surface area contributed by atoms with E-state index in [9.17, 15) is 20.2 Å². The number of nitro groups is 2. The fourth-order valence-electron chi connectivity index (χ4n) is 1.04. The lowest BCUT2D eigenvalue weighted by atomic mass is 9.97. The molecular formula is C6H7N3O4. The zero-order valence-corrected chi connectivity index (χ0v) is 6.49. The topological polar surface area (TPSA) is 112 Å². The summed E-state index contributed by atoms with van der Waals surface area (Å²) in [6.45, 7) is 0. The van der Waals surface area contributed by atoms with Crippen LogP contribution >= 0.6 is 0 Å². The molecule has 1 aliphatic rings. The maximum atomic E-state index is 10.5. The molecule has 2 unspecified atom stereocenters. The summed E-state index contributed by atoms with van der Waals surface area (Å²) in [7, 11) is 0. The van der Waals surface area contributed by atoms with Crippen LogP contribution in [0, 0.1) is 20.2 Å². The zero-order chi connectivity index (χ0) is 10.1. The van der Waals surface area contributed by atoms with E-state index in [1.807, 2.05) is 0 Å². The van der Waals surface area contributed by atoms with Crippen LogP contribution in [0.1, 0.15) is 0 Å². The molecule has 0 amide bonds. The van der Waals surface area contributed by atoms with Crippen LogP contribution in [0.15, 0.2) is 24.3 Å². The van der Waals surface area contributed by atoms with Gasteiger partial charge >= 0.3 is 11.7 Å². The summed E-state index contributed by atoms with van der Waals surface area (Å²) in [4.78, 5) is 19.3. The van der Waals surface area contributed by atoms with Crippen LogP contribution in [0.25, 0.3) is 0 Å². The molecule has 0 heterocycles. The standard InChI is InChI=1S/C6H7N3O4/c7-6(9(12)13)4-2-1-3-5(6)8(10)11/h1-5H,7H2. The fourth-order valence-corrected chi connectivity index (χ4v) is 1.04. The van der Waals surface area contributed by atoms with E-state index in [0.717, 1.165) is 12.2 Å². The number of hydrogen-bond acceptors (Lipinski definition) is 5. The van der Waals surface area contributed by atoms with Crippen LogP contribution in [-0.4, -0.2) is 21.6 Å². The third kappa shape index (κ3) is 1.41. The van der Waals surface area contributed by atoms with Crippen LogP contribution in [0.3, 0.4) is 0 Å². The van der Waals surface area contributed by atoms with Crippen LogP contribution < -0.4 is 5.73 Å². The van der Waals surface area contributed by atoms with Gasteiger partial charge in [-0.15, -0.1) is 0 Å². The SMILES string of the molecule is NC1([N+](=O)[O-])C=CC=CC1[N+](=O)[O-]. The van der Waals surface area contributed by atoms with Crippen molar-refractivity contribution in [2.45, 2.75) is 11.7 Å². The van der Waals surface area contributed by atoms with E-state index in [1.165, 1.54) is 12.2 Å². The lowest BCUT2D eigenvalue weighted by Gasteiger charge is -2.19. The minimum atomic E-state index is -2.13. The van der Waals surface area contributed by atoms with Crippen molar-refractivity contribution in [1.29, 1.82) is 0 Å². The van der Waals surface area contributed by atoms with E-state index < -0.39 is 21.6 Å². The molecule has 0 saturated heterocycles. The lowest BCUT2D eigenvalue weighted by molar-refractivity contribution is -0.633. The quantitative estimate of drug-likeness (QED) is 0.360. The predicted octanol–water partition coefficient (Wildman–Crippen LogP) is -0.311. The molecule has 0 aromatic rings. The van der Waals surface area contributed by atoms with Gasteiger partial charge in [0.2, 0.25) is 0 Å². The molecule has 2 atom stereocenters. The Morgan fingerprint density at radius 2 is 1.92 bits per heavy atom. The van der Waals surface area contributed by atoms with Crippen LogP contribution in [-0.2, 0) is 0 Å². The van der Waals surface area contributed by atoms with Gasteiger partial charge in [-0.1, -0.05) is 12.2 Å². The Balaban J connectivity index is 3.07. The Morgan fingerprint density at radius 1 is 1.31 bits per heavy atom. The van der Waals surface area contributed by atoms with Crippen molar-refractivity contribution in [2.24, 2.45) is 5.73 Å². The normalized spacial score (nSPS) is 31.6. The summed E-state index contributed by atoms with van der Waals surface area (Å²) in [6, 6.07) is -1.51. The van der Waals surface area contributed by atoms with Gasteiger partial charge in [-0.3, -0.25) is 26.0 Å². The number of nitrogens with two attached hydrogens (primary N) is 1. The van der Waals surface area contributed by atoms with Crippen molar-refractivity contribution >= 4 is 0 Å². The smallest absolute Gasteiger partial charge is 0.264 e. The summed E-state index contributed by atoms with van der Waals surface area (Å²) >= 11 is 0. The van der Waals surface area contributed by atoms with Gasteiger partial charge in [0.1, 0.15) is 0 Å². The first-order chi connectivity index (χ1) is 5.98. The highest BCUT2D eigenvalue weighted by Gasteiger charge is 2.52. The highest BCUT2D eigenvalue weighted by Crippen LogP contribution is 2.18. The van der Waals surface area contributed by atoms with Gasteiger partial charge in [-0.2, -0.15) is 0 Å². The van der Waals surface area contributed by atoms with E-state index in [1.54, 1.807) is 0 Å². The van der Waals surface area contributed by atoms with E-state index in [0.29, 0.717) is 0 Å². The number of nitrogens with zero attached hydrogens (tertiary/aromatic N) is 2. The Kier molecular flexibility index (Phi) is 2.11. The van der Waals surface area contributed by atoms with Gasteiger partial charge in [-0.05, 0) is 6.08 Å². The van der Waals surface area contributed by atoms with E-state index in [-0.39, 0.29) is 0 Å². The number of hydrogen-bond donors (Lipinski definition) is 1. The largest absolute Gasteiger partial charge is 0.362 e. The fraction of sp³-hybridized carbons (Fsp3) is 0.333. The third-order valence-corrected chi connectivity index (χ3v) is 1.78. The summed E-state index contributed by atoms with van der Waals surface area (Å²) in [5.41, 5.74) is 3.14. The van der Waals surface area contributed by atoms with Gasteiger partial charge < -0.3 is 0 Å². The minimum absolute atomic E-state index is 0.775. The molecule has 2 N–H and O–H groups in total. The molecule has 7 heteroatoms. The van der Waals surface area contributed by atoms with Crippen molar-refractivity contribution in [1.82, 2.24) is 0 Å². The maximum absolute atomic E-state index is 10.5. The molecule has 7 nitrogen and oxygen atoms in total. The van der Waals surface area contributed by atoms with E-state index >= 15 is 0 Å². The van der Waals surface area contributed by atoms with Gasteiger partial charge in [0.25, 0.3) is 0 Å². The lowest BCUT2D eigenvalue weighted by Crippen LogP contribution is -2.58. The van der Waals surface area contributed by atoms with Crippen LogP contribution in [0.4, 0.5) is 0 Å². The molecule has 0 saturated carbocycles. The molecule has 0 spiro atoms. The molecule has 0 aliphatic heterocycles. The van der Waals surface area contributed by atoms with Gasteiger partial charge in [0, 0.05) is 11.0 Å². The first-order valence-corrected chi connectivity index (χ1v) is 3.41. The molecule has 0 aromatic carbocycles. The second-order valence-electron chi connectivity index (χ2n) is 2.62. The Hall–Kier alpha value is -1.76. The van der Waals surface area contributed by atoms with Crippen molar-refractivity contribution in [3.63, 3.8) is 0 Å². The van der Waals surface area contributed by atoms with Gasteiger partial charge in [0.15, 0.2) is 0 Å². The van der Waals surface area contributed by atoms with Crippen LogP contribution in [0.2, 0.25) is 0 Å². The van der Waals surface area contributed by atoms with Crippen LogP contribution in [0.5, 0.6) is 0 Å². The first-order valence-electron chi connectivity index (χ1n) is 3.41. The monoisotopic (exact) mass is 185 g/mol. The van der Waals surface area contributed by atoms with Crippen molar-refractivity contribution in [2.75, 3.05) is 0 Å². The second-order valence-corrected chi connectivity index (χ2v) is 2.62. The average molecular weight is 185 g/mol. The Morgan fingerprint density at radius 3 is 2.31 bits per heavy atom. The second kappa shape index (κ2) is 2.94. The van der Waals surface area contributed by atoms with Crippen molar-refractivity contribution < 1.29 is 9.85 Å². The zero-order valence-electron chi connectivity index (χ0n) is 6.49. The highest BCUT2D eigenvalue weighted by atomic mass is 16.6.